The van der Waals surface area contributed by atoms with Gasteiger partial charge in [-0.05, 0) is 47.4 Å². The van der Waals surface area contributed by atoms with Crippen molar-refractivity contribution in [2.75, 3.05) is 35.5 Å². The average molecular weight is 430 g/mol. The quantitative estimate of drug-likeness (QED) is 0.670. The van der Waals surface area contributed by atoms with Crippen LogP contribution in [0.15, 0.2) is 30.3 Å². The molecule has 3 atom stereocenters. The van der Waals surface area contributed by atoms with Crippen molar-refractivity contribution in [2.45, 2.75) is 12.3 Å². The zero-order valence-corrected chi connectivity index (χ0v) is 18.1. The number of esters is 1. The summed E-state index contributed by atoms with van der Waals surface area (Å²) >= 11 is 0. The molecule has 1 aliphatic carbocycles. The van der Waals surface area contributed by atoms with Gasteiger partial charge in [-0.25, -0.2) is 0 Å². The van der Waals surface area contributed by atoms with Crippen LogP contribution in [0.4, 0.5) is 0 Å². The van der Waals surface area contributed by atoms with E-state index >= 15 is 0 Å². The molecule has 0 heterocycles. The maximum atomic E-state index is 12.6. The van der Waals surface area contributed by atoms with E-state index in [0.717, 1.165) is 11.1 Å². The van der Waals surface area contributed by atoms with Crippen molar-refractivity contribution in [2.24, 2.45) is 11.8 Å². The second kappa shape index (κ2) is 9.16. The van der Waals surface area contributed by atoms with Gasteiger partial charge in [-0.3, -0.25) is 9.59 Å². The lowest BCUT2D eigenvalue weighted by atomic mass is 9.66. The maximum absolute atomic E-state index is 12.6. The van der Waals surface area contributed by atoms with Gasteiger partial charge < -0.3 is 28.8 Å². The number of hydrogen-bond acceptors (Lipinski definition) is 7. The molecule has 3 rings (SSSR count). The third kappa shape index (κ3) is 3.97. The Bertz CT molecular complexity index is 984. The predicted molar refractivity (Wildman–Crippen MR) is 111 cm³/mol. The zero-order valence-electron chi connectivity index (χ0n) is 18.1. The Labute approximate surface area is 180 Å². The van der Waals surface area contributed by atoms with E-state index < -0.39 is 29.7 Å². The average Bonchev–Trinajstić information content (AvgIpc) is 2.80. The summed E-state index contributed by atoms with van der Waals surface area (Å²) in [5.41, 5.74) is 2.22. The number of carbonyl (C=O) groups excluding carboxylic acids is 1. The lowest BCUT2D eigenvalue weighted by Gasteiger charge is -2.37. The van der Waals surface area contributed by atoms with Crippen molar-refractivity contribution in [3.05, 3.63) is 47.0 Å². The predicted octanol–water partition coefficient (Wildman–Crippen LogP) is 2.90. The van der Waals surface area contributed by atoms with E-state index in [0.29, 0.717) is 28.6 Å². The number of methoxy groups -OCH3 is 5. The van der Waals surface area contributed by atoms with Crippen LogP contribution in [0.25, 0.3) is 0 Å². The van der Waals surface area contributed by atoms with E-state index in [4.69, 9.17) is 23.7 Å². The number of ether oxygens (including phenoxy) is 5. The number of carboxylic acid groups (broad SMARTS) is 1. The largest absolute Gasteiger partial charge is 0.493 e. The van der Waals surface area contributed by atoms with Gasteiger partial charge in [0.1, 0.15) is 0 Å². The van der Waals surface area contributed by atoms with Crippen molar-refractivity contribution in [3.8, 4) is 23.0 Å². The lowest BCUT2D eigenvalue weighted by molar-refractivity contribution is -0.156. The van der Waals surface area contributed by atoms with Crippen LogP contribution < -0.4 is 18.9 Å². The Morgan fingerprint density at radius 2 is 1.42 bits per heavy atom. The number of benzene rings is 2. The van der Waals surface area contributed by atoms with Crippen molar-refractivity contribution >= 4 is 11.9 Å². The highest BCUT2D eigenvalue weighted by Crippen LogP contribution is 2.48. The number of hydrogen-bond donors (Lipinski definition) is 1. The van der Waals surface area contributed by atoms with E-state index in [-0.39, 0.29) is 6.42 Å². The summed E-state index contributed by atoms with van der Waals surface area (Å²) in [7, 11) is 7.34. The first-order chi connectivity index (χ1) is 14.9. The highest BCUT2D eigenvalue weighted by atomic mass is 16.5. The Morgan fingerprint density at radius 1 is 0.839 bits per heavy atom. The van der Waals surface area contributed by atoms with Crippen LogP contribution in [-0.2, 0) is 20.7 Å². The molecule has 0 aromatic heterocycles. The highest BCUT2D eigenvalue weighted by Gasteiger charge is 2.46. The fraction of sp³-hybridized carbons (Fsp3) is 0.391. The van der Waals surface area contributed by atoms with Crippen LogP contribution in [0.2, 0.25) is 0 Å². The molecule has 1 aliphatic rings. The number of carbonyl (C=O) groups is 2. The van der Waals surface area contributed by atoms with Gasteiger partial charge in [0, 0.05) is 5.92 Å². The van der Waals surface area contributed by atoms with Gasteiger partial charge in [-0.15, -0.1) is 0 Å². The zero-order chi connectivity index (χ0) is 22.7. The molecular formula is C23H26O8. The maximum Gasteiger partial charge on any atom is 0.309 e. The normalized spacial score (nSPS) is 19.7. The van der Waals surface area contributed by atoms with Crippen LogP contribution in [0.1, 0.15) is 22.6 Å². The van der Waals surface area contributed by atoms with Crippen LogP contribution in [-0.4, -0.2) is 52.6 Å². The third-order valence-corrected chi connectivity index (χ3v) is 5.77. The van der Waals surface area contributed by atoms with E-state index in [9.17, 15) is 14.7 Å². The van der Waals surface area contributed by atoms with E-state index in [2.05, 4.69) is 0 Å². The third-order valence-electron chi connectivity index (χ3n) is 5.77. The molecule has 8 nitrogen and oxygen atoms in total. The van der Waals surface area contributed by atoms with Gasteiger partial charge in [-0.1, -0.05) is 6.07 Å². The second-order valence-electron chi connectivity index (χ2n) is 7.20. The molecule has 0 saturated heterocycles. The van der Waals surface area contributed by atoms with Crippen molar-refractivity contribution in [1.82, 2.24) is 0 Å². The monoisotopic (exact) mass is 430 g/mol. The van der Waals surface area contributed by atoms with Crippen molar-refractivity contribution in [1.29, 1.82) is 0 Å². The molecule has 2 aromatic carbocycles. The molecule has 0 radical (unpaired) electrons. The van der Waals surface area contributed by atoms with E-state index in [1.807, 2.05) is 0 Å². The first kappa shape index (κ1) is 22.3. The molecule has 1 N–H and O–H groups in total. The van der Waals surface area contributed by atoms with Gasteiger partial charge in [0.05, 0.1) is 47.4 Å². The van der Waals surface area contributed by atoms with Gasteiger partial charge in [-0.2, -0.15) is 0 Å². The Hall–Kier alpha value is -3.42. The molecule has 0 unspecified atom stereocenters. The Morgan fingerprint density at radius 3 is 1.97 bits per heavy atom. The minimum absolute atomic E-state index is 0.211. The van der Waals surface area contributed by atoms with Crippen molar-refractivity contribution in [3.63, 3.8) is 0 Å². The number of fused-ring (bicyclic) bond motifs is 1. The molecule has 31 heavy (non-hydrogen) atoms. The lowest BCUT2D eigenvalue weighted by Crippen LogP contribution is -2.40. The summed E-state index contributed by atoms with van der Waals surface area (Å²) in [6.07, 6.45) is 0.211. The van der Waals surface area contributed by atoms with Crippen LogP contribution in [0.3, 0.4) is 0 Å². The molecule has 0 aliphatic heterocycles. The fourth-order valence-electron chi connectivity index (χ4n) is 4.32. The minimum Gasteiger partial charge on any atom is -0.493 e. The van der Waals surface area contributed by atoms with Gasteiger partial charge in [0.2, 0.25) is 0 Å². The molecular weight excluding hydrogens is 404 g/mol. The number of carboxylic acids is 1. The summed E-state index contributed by atoms with van der Waals surface area (Å²) in [6, 6.07) is 8.80. The number of rotatable bonds is 7. The topological polar surface area (TPSA) is 101 Å². The van der Waals surface area contributed by atoms with Crippen LogP contribution >= 0.6 is 0 Å². The number of aliphatic carboxylic acids is 1. The SMILES string of the molecule is COC(=O)[C@H]1Cc2cc(OC)c(OC)cc2[C@@H](c2ccc(OC)c(OC)c2)[C@@H]1C(=O)O. The minimum atomic E-state index is -1.09. The highest BCUT2D eigenvalue weighted by molar-refractivity contribution is 5.84. The summed E-state index contributed by atoms with van der Waals surface area (Å²) < 4.78 is 26.5. The standard InChI is InChI=1S/C23H26O8/c1-27-16-7-6-12(9-17(16)28-2)20-14-11-19(30-4)18(29-3)10-13(14)8-15(23(26)31-5)21(20)22(24)25/h6-7,9-11,15,20-21H,8H2,1-5H3,(H,24,25)/t15-,20+,21+/m0/s1. The van der Waals surface area contributed by atoms with E-state index in [1.54, 1.807) is 30.3 Å². The molecule has 0 saturated carbocycles. The van der Waals surface area contributed by atoms with Crippen LogP contribution in [0, 0.1) is 11.8 Å². The summed E-state index contributed by atoms with van der Waals surface area (Å²) in [5, 5.41) is 10.1. The Balaban J connectivity index is 2.29. The fourth-order valence-corrected chi connectivity index (χ4v) is 4.32. The molecule has 0 fully saturated rings. The summed E-state index contributed by atoms with van der Waals surface area (Å²) in [5.74, 6) is -2.25. The second-order valence-corrected chi connectivity index (χ2v) is 7.20. The molecule has 0 amide bonds. The molecule has 0 spiro atoms. The summed E-state index contributed by atoms with van der Waals surface area (Å²) in [6.45, 7) is 0. The van der Waals surface area contributed by atoms with Gasteiger partial charge >= 0.3 is 11.9 Å². The van der Waals surface area contributed by atoms with Crippen LogP contribution in [0.5, 0.6) is 23.0 Å². The molecule has 0 bridgehead atoms. The molecule has 2 aromatic rings. The molecule has 8 heteroatoms. The smallest absolute Gasteiger partial charge is 0.309 e. The Kier molecular flexibility index (Phi) is 6.58. The van der Waals surface area contributed by atoms with Gasteiger partial charge in [0.15, 0.2) is 23.0 Å². The summed E-state index contributed by atoms with van der Waals surface area (Å²) in [4.78, 5) is 25.0. The first-order valence-corrected chi connectivity index (χ1v) is 9.67. The molecule has 166 valence electrons. The van der Waals surface area contributed by atoms with Gasteiger partial charge in [0.25, 0.3) is 0 Å². The first-order valence-electron chi connectivity index (χ1n) is 9.67. The van der Waals surface area contributed by atoms with Crippen molar-refractivity contribution < 1.29 is 38.4 Å². The van der Waals surface area contributed by atoms with E-state index in [1.165, 1.54) is 35.5 Å².